The molecule has 1 N–H and O–H groups in total. The summed E-state index contributed by atoms with van der Waals surface area (Å²) in [4.78, 5) is 2.49. The molecule has 0 spiro atoms. The van der Waals surface area contributed by atoms with Crippen LogP contribution in [0.1, 0.15) is 24.9 Å². The van der Waals surface area contributed by atoms with Crippen molar-refractivity contribution in [2.45, 2.75) is 19.4 Å². The van der Waals surface area contributed by atoms with E-state index in [1.54, 1.807) is 0 Å². The highest BCUT2D eigenvalue weighted by Gasteiger charge is 2.25. The minimum Gasteiger partial charge on any atom is -0.454 e. The van der Waals surface area contributed by atoms with Gasteiger partial charge in [0.2, 0.25) is 6.79 Å². The Morgan fingerprint density at radius 3 is 2.63 bits per heavy atom. The zero-order chi connectivity index (χ0) is 13.2. The molecule has 3 rings (SSSR count). The van der Waals surface area contributed by atoms with Crippen molar-refractivity contribution in [3.05, 3.63) is 22.7 Å². The SMILES string of the molecule is CC[C@@H](c1cc2c(cc1Cl)OCO2)N1CCNCC1. The second-order valence-corrected chi connectivity index (χ2v) is 5.34. The molecule has 1 saturated heterocycles. The Balaban J connectivity index is 1.90. The van der Waals surface area contributed by atoms with Gasteiger partial charge in [-0.05, 0) is 18.1 Å². The van der Waals surface area contributed by atoms with Crippen LogP contribution in [0.15, 0.2) is 12.1 Å². The summed E-state index contributed by atoms with van der Waals surface area (Å²) >= 11 is 6.42. The van der Waals surface area contributed by atoms with E-state index < -0.39 is 0 Å². The zero-order valence-electron chi connectivity index (χ0n) is 11.1. The van der Waals surface area contributed by atoms with Gasteiger partial charge in [0.15, 0.2) is 11.5 Å². The van der Waals surface area contributed by atoms with Gasteiger partial charge in [-0.15, -0.1) is 0 Å². The summed E-state index contributed by atoms with van der Waals surface area (Å²) in [5, 5.41) is 4.15. The number of benzene rings is 1. The van der Waals surface area contributed by atoms with Crippen molar-refractivity contribution in [1.29, 1.82) is 0 Å². The molecule has 2 heterocycles. The van der Waals surface area contributed by atoms with Crippen molar-refractivity contribution < 1.29 is 9.47 Å². The largest absolute Gasteiger partial charge is 0.454 e. The van der Waals surface area contributed by atoms with Gasteiger partial charge in [0.05, 0.1) is 0 Å². The van der Waals surface area contributed by atoms with Crippen molar-refractivity contribution in [3.8, 4) is 11.5 Å². The van der Waals surface area contributed by atoms with E-state index >= 15 is 0 Å². The Hall–Kier alpha value is -0.970. The average molecular weight is 283 g/mol. The molecule has 1 aromatic carbocycles. The van der Waals surface area contributed by atoms with Crippen LogP contribution in [0.3, 0.4) is 0 Å². The summed E-state index contributed by atoms with van der Waals surface area (Å²) in [5.74, 6) is 1.57. The first-order valence-corrected chi connectivity index (χ1v) is 7.21. The maximum atomic E-state index is 6.42. The minimum atomic E-state index is 0.291. The second-order valence-electron chi connectivity index (χ2n) is 4.94. The molecular formula is C14H19ClN2O2. The van der Waals surface area contributed by atoms with Gasteiger partial charge in [-0.2, -0.15) is 0 Å². The maximum absolute atomic E-state index is 6.42. The first-order valence-electron chi connectivity index (χ1n) is 6.83. The number of ether oxygens (including phenoxy) is 2. The summed E-state index contributed by atoms with van der Waals surface area (Å²) in [5.41, 5.74) is 1.15. The molecule has 1 atom stereocenters. The van der Waals surface area contributed by atoms with Crippen LogP contribution in [0.2, 0.25) is 5.02 Å². The lowest BCUT2D eigenvalue weighted by molar-refractivity contribution is 0.168. The number of rotatable bonds is 3. The van der Waals surface area contributed by atoms with Gasteiger partial charge in [0.1, 0.15) is 0 Å². The monoisotopic (exact) mass is 282 g/mol. The van der Waals surface area contributed by atoms with Gasteiger partial charge in [-0.3, -0.25) is 4.90 Å². The summed E-state index contributed by atoms with van der Waals surface area (Å²) in [6, 6.07) is 4.27. The lowest BCUT2D eigenvalue weighted by atomic mass is 10.0. The lowest BCUT2D eigenvalue weighted by Gasteiger charge is -2.35. The number of hydrogen-bond donors (Lipinski definition) is 1. The van der Waals surface area contributed by atoms with Gasteiger partial charge >= 0.3 is 0 Å². The fraction of sp³-hybridized carbons (Fsp3) is 0.571. The molecule has 0 aliphatic carbocycles. The number of fused-ring (bicyclic) bond motifs is 1. The zero-order valence-corrected chi connectivity index (χ0v) is 11.9. The fourth-order valence-corrected chi connectivity index (χ4v) is 3.14. The predicted molar refractivity (Wildman–Crippen MR) is 75.0 cm³/mol. The van der Waals surface area contributed by atoms with E-state index in [-0.39, 0.29) is 0 Å². The highest BCUT2D eigenvalue weighted by Crippen LogP contribution is 2.41. The van der Waals surface area contributed by atoms with Crippen LogP contribution < -0.4 is 14.8 Å². The molecule has 4 nitrogen and oxygen atoms in total. The first-order chi connectivity index (χ1) is 9.29. The minimum absolute atomic E-state index is 0.291. The van der Waals surface area contributed by atoms with Gasteiger partial charge in [0.25, 0.3) is 0 Å². The quantitative estimate of drug-likeness (QED) is 0.923. The molecule has 0 saturated carbocycles. The topological polar surface area (TPSA) is 33.7 Å². The van der Waals surface area contributed by atoms with Crippen LogP contribution in [-0.2, 0) is 0 Å². The third kappa shape index (κ3) is 2.53. The van der Waals surface area contributed by atoms with Crippen LogP contribution in [0, 0.1) is 0 Å². The van der Waals surface area contributed by atoms with Gasteiger partial charge in [0, 0.05) is 43.3 Å². The van der Waals surface area contributed by atoms with E-state index in [1.807, 2.05) is 12.1 Å². The normalized spacial score (nSPS) is 20.5. The smallest absolute Gasteiger partial charge is 0.231 e. The predicted octanol–water partition coefficient (Wildman–Crippen LogP) is 2.42. The van der Waals surface area contributed by atoms with E-state index in [0.29, 0.717) is 12.8 Å². The van der Waals surface area contributed by atoms with Gasteiger partial charge < -0.3 is 14.8 Å². The number of halogens is 1. The number of nitrogens with zero attached hydrogens (tertiary/aromatic N) is 1. The molecule has 19 heavy (non-hydrogen) atoms. The van der Waals surface area contributed by atoms with E-state index in [2.05, 4.69) is 17.1 Å². The highest BCUT2D eigenvalue weighted by atomic mass is 35.5. The third-order valence-corrected chi connectivity index (χ3v) is 4.16. The van der Waals surface area contributed by atoms with E-state index in [4.69, 9.17) is 21.1 Å². The molecule has 0 unspecified atom stereocenters. The lowest BCUT2D eigenvalue weighted by Crippen LogP contribution is -2.45. The standard InChI is InChI=1S/C14H19ClN2O2/c1-2-12(17-5-3-16-4-6-17)10-7-13-14(8-11(10)15)19-9-18-13/h7-8,12,16H,2-6,9H2,1H3/t12-/m0/s1. The Morgan fingerprint density at radius 2 is 1.95 bits per heavy atom. The molecule has 1 aromatic rings. The Bertz CT molecular complexity index is 461. The number of piperazine rings is 1. The van der Waals surface area contributed by atoms with Crippen LogP contribution in [0.4, 0.5) is 0 Å². The molecule has 0 bridgehead atoms. The molecule has 0 amide bonds. The van der Waals surface area contributed by atoms with Crippen LogP contribution in [0.25, 0.3) is 0 Å². The van der Waals surface area contributed by atoms with Gasteiger partial charge in [-0.1, -0.05) is 18.5 Å². The molecular weight excluding hydrogens is 264 g/mol. The summed E-state index contributed by atoms with van der Waals surface area (Å²) in [6.07, 6.45) is 1.04. The van der Waals surface area contributed by atoms with Crippen molar-refractivity contribution in [2.75, 3.05) is 33.0 Å². The van der Waals surface area contributed by atoms with Crippen LogP contribution in [-0.4, -0.2) is 37.9 Å². The van der Waals surface area contributed by atoms with E-state index in [0.717, 1.165) is 54.7 Å². The number of nitrogens with one attached hydrogen (secondary N) is 1. The Labute approximate surface area is 118 Å². The molecule has 1 fully saturated rings. The van der Waals surface area contributed by atoms with Crippen LogP contribution in [0.5, 0.6) is 11.5 Å². The first kappa shape index (κ1) is 13.0. The van der Waals surface area contributed by atoms with E-state index in [9.17, 15) is 0 Å². The van der Waals surface area contributed by atoms with Crippen molar-refractivity contribution in [1.82, 2.24) is 10.2 Å². The molecule has 2 aliphatic heterocycles. The third-order valence-electron chi connectivity index (χ3n) is 3.83. The maximum Gasteiger partial charge on any atom is 0.231 e. The van der Waals surface area contributed by atoms with Crippen molar-refractivity contribution in [3.63, 3.8) is 0 Å². The number of hydrogen-bond acceptors (Lipinski definition) is 4. The van der Waals surface area contributed by atoms with Crippen molar-refractivity contribution in [2.24, 2.45) is 0 Å². The fourth-order valence-electron chi connectivity index (χ4n) is 2.86. The Kier molecular flexibility index (Phi) is 3.82. The molecule has 0 aromatic heterocycles. The van der Waals surface area contributed by atoms with E-state index in [1.165, 1.54) is 0 Å². The highest BCUT2D eigenvalue weighted by molar-refractivity contribution is 6.31. The van der Waals surface area contributed by atoms with Crippen molar-refractivity contribution >= 4 is 11.6 Å². The molecule has 0 radical (unpaired) electrons. The molecule has 5 heteroatoms. The van der Waals surface area contributed by atoms with Crippen LogP contribution >= 0.6 is 11.6 Å². The summed E-state index contributed by atoms with van der Waals surface area (Å²) in [7, 11) is 0. The average Bonchev–Trinajstić information content (AvgIpc) is 2.88. The molecule has 2 aliphatic rings. The summed E-state index contributed by atoms with van der Waals surface area (Å²) in [6.45, 7) is 6.69. The summed E-state index contributed by atoms with van der Waals surface area (Å²) < 4.78 is 10.8. The van der Waals surface area contributed by atoms with Gasteiger partial charge in [-0.25, -0.2) is 0 Å². The molecule has 104 valence electrons. The Morgan fingerprint density at radius 1 is 1.26 bits per heavy atom. The second kappa shape index (κ2) is 5.57.